The summed E-state index contributed by atoms with van der Waals surface area (Å²) in [5.41, 5.74) is 5.56. The molecule has 0 bridgehead atoms. The van der Waals surface area contributed by atoms with Gasteiger partial charge in [-0.05, 0) is 6.92 Å². The molecule has 0 aliphatic heterocycles. The molecule has 0 aliphatic rings. The lowest BCUT2D eigenvalue weighted by molar-refractivity contribution is 0.133. The van der Waals surface area contributed by atoms with E-state index in [9.17, 15) is 0 Å². The molecule has 0 saturated heterocycles. The topological polar surface area (TPSA) is 95.6 Å². The van der Waals surface area contributed by atoms with Crippen molar-refractivity contribution in [3.63, 3.8) is 0 Å². The van der Waals surface area contributed by atoms with Crippen LogP contribution in [0.5, 0.6) is 0 Å². The van der Waals surface area contributed by atoms with Gasteiger partial charge < -0.3 is 20.9 Å². The number of nitrogens with two attached hydrogens (primary N) is 1. The van der Waals surface area contributed by atoms with Crippen molar-refractivity contribution in [1.82, 2.24) is 9.55 Å². The molecular formula is C6H13N3O2. The molecule has 64 valence electrons. The van der Waals surface area contributed by atoms with Gasteiger partial charge in [0.2, 0.25) is 0 Å². The molecule has 0 radical (unpaired) electrons. The number of imidazole rings is 1. The van der Waals surface area contributed by atoms with Crippen LogP contribution in [0.25, 0.3) is 0 Å². The molecule has 5 nitrogen and oxygen atoms in total. The molecule has 0 aliphatic carbocycles. The summed E-state index contributed by atoms with van der Waals surface area (Å²) in [6.45, 7) is 1.64. The lowest BCUT2D eigenvalue weighted by Crippen LogP contribution is -2.28. The smallest absolute Gasteiger partial charge is 0.108 e. The summed E-state index contributed by atoms with van der Waals surface area (Å²) in [5.74, 6) is 0. The minimum Gasteiger partial charge on any atom is -0.412 e. The zero-order chi connectivity index (χ0) is 7.56. The molecule has 2 unspecified atom stereocenters. The quantitative estimate of drug-likeness (QED) is 0.573. The van der Waals surface area contributed by atoms with Crippen molar-refractivity contribution in [3.8, 4) is 0 Å². The molecule has 5 heteroatoms. The van der Waals surface area contributed by atoms with Gasteiger partial charge in [0.1, 0.15) is 6.17 Å². The summed E-state index contributed by atoms with van der Waals surface area (Å²) in [5, 5.41) is 9.02. The molecule has 0 saturated carbocycles. The Hall–Kier alpha value is -0.910. The van der Waals surface area contributed by atoms with Gasteiger partial charge in [0, 0.05) is 12.4 Å². The summed E-state index contributed by atoms with van der Waals surface area (Å²) in [6.07, 6.45) is 3.99. The predicted octanol–water partition coefficient (Wildman–Crippen LogP) is -1.10. The number of nitrogens with zero attached hydrogens (tertiary/aromatic N) is 2. The van der Waals surface area contributed by atoms with Gasteiger partial charge in [-0.3, -0.25) is 0 Å². The third-order valence-corrected chi connectivity index (χ3v) is 1.36. The average molecular weight is 159 g/mol. The molecule has 0 spiro atoms. The fourth-order valence-corrected chi connectivity index (χ4v) is 0.695. The van der Waals surface area contributed by atoms with Gasteiger partial charge in [-0.25, -0.2) is 4.98 Å². The van der Waals surface area contributed by atoms with E-state index in [0.29, 0.717) is 0 Å². The lowest BCUT2D eigenvalue weighted by Gasteiger charge is -2.15. The van der Waals surface area contributed by atoms with Gasteiger partial charge in [0.05, 0.1) is 12.4 Å². The number of hydrogen-bond acceptors (Lipinski definition) is 3. The van der Waals surface area contributed by atoms with Crippen LogP contribution in [-0.2, 0) is 0 Å². The molecular weight excluding hydrogens is 146 g/mol. The van der Waals surface area contributed by atoms with E-state index in [-0.39, 0.29) is 11.6 Å². The molecule has 1 aromatic heterocycles. The van der Waals surface area contributed by atoms with Crippen molar-refractivity contribution in [2.75, 3.05) is 0 Å². The number of rotatable bonds is 2. The largest absolute Gasteiger partial charge is 0.412 e. The van der Waals surface area contributed by atoms with Crippen LogP contribution < -0.4 is 5.73 Å². The molecule has 1 aromatic rings. The van der Waals surface area contributed by atoms with Crippen LogP contribution >= 0.6 is 0 Å². The number of aliphatic hydroxyl groups excluding tert-OH is 1. The Bertz CT molecular complexity index is 186. The van der Waals surface area contributed by atoms with Crippen molar-refractivity contribution < 1.29 is 10.6 Å². The molecule has 1 heterocycles. The number of aliphatic hydroxyl groups is 1. The first-order valence-electron chi connectivity index (χ1n) is 3.13. The van der Waals surface area contributed by atoms with E-state index in [4.69, 9.17) is 10.8 Å². The van der Waals surface area contributed by atoms with E-state index in [1.54, 1.807) is 30.2 Å². The van der Waals surface area contributed by atoms with Crippen molar-refractivity contribution in [2.45, 2.75) is 19.2 Å². The van der Waals surface area contributed by atoms with Crippen molar-refractivity contribution >= 4 is 0 Å². The van der Waals surface area contributed by atoms with E-state index >= 15 is 0 Å². The van der Waals surface area contributed by atoms with Gasteiger partial charge >= 0.3 is 0 Å². The molecule has 11 heavy (non-hydrogen) atoms. The molecule has 0 fully saturated rings. The van der Waals surface area contributed by atoms with E-state index in [1.165, 1.54) is 0 Å². The molecule has 5 N–H and O–H groups in total. The Labute approximate surface area is 64.8 Å². The Morgan fingerprint density at radius 1 is 1.64 bits per heavy atom. The highest BCUT2D eigenvalue weighted by molar-refractivity contribution is 4.79. The Morgan fingerprint density at radius 3 is 2.64 bits per heavy atom. The fourth-order valence-electron chi connectivity index (χ4n) is 0.695. The van der Waals surface area contributed by atoms with Crippen molar-refractivity contribution in [2.24, 2.45) is 5.73 Å². The Kier molecular flexibility index (Phi) is 3.73. The third kappa shape index (κ3) is 2.30. The highest BCUT2D eigenvalue weighted by atomic mass is 16.3. The van der Waals surface area contributed by atoms with Crippen LogP contribution in [0.1, 0.15) is 13.1 Å². The van der Waals surface area contributed by atoms with Crippen LogP contribution in [0, 0.1) is 0 Å². The van der Waals surface area contributed by atoms with E-state index in [1.807, 2.05) is 0 Å². The summed E-state index contributed by atoms with van der Waals surface area (Å²) in [4.78, 5) is 3.80. The molecule has 1 rings (SSSR count). The number of aromatic nitrogens is 2. The second-order valence-corrected chi connectivity index (χ2v) is 2.24. The minimum atomic E-state index is -0.547. The standard InChI is InChI=1S/C6H11N3O.H2O/c1-5(10)6(7)9-3-2-8-4-9;/h2-6,10H,7H2,1H3;1H2. The van der Waals surface area contributed by atoms with Gasteiger partial charge in [-0.15, -0.1) is 0 Å². The first-order chi connectivity index (χ1) is 4.72. The SMILES string of the molecule is CC(O)C(N)n1ccnc1.O. The average Bonchev–Trinajstić information content (AvgIpc) is 2.36. The van der Waals surface area contributed by atoms with Gasteiger partial charge in [0.25, 0.3) is 0 Å². The molecule has 0 amide bonds. The highest BCUT2D eigenvalue weighted by Crippen LogP contribution is 2.01. The summed E-state index contributed by atoms with van der Waals surface area (Å²) in [6, 6.07) is 0. The summed E-state index contributed by atoms with van der Waals surface area (Å²) < 4.78 is 1.66. The lowest BCUT2D eigenvalue weighted by atomic mass is 10.3. The van der Waals surface area contributed by atoms with E-state index in [0.717, 1.165) is 0 Å². The maximum atomic E-state index is 9.02. The van der Waals surface area contributed by atoms with Crippen molar-refractivity contribution in [1.29, 1.82) is 0 Å². The highest BCUT2D eigenvalue weighted by Gasteiger charge is 2.08. The second kappa shape index (κ2) is 4.07. The van der Waals surface area contributed by atoms with Crippen molar-refractivity contribution in [3.05, 3.63) is 18.7 Å². The summed E-state index contributed by atoms with van der Waals surface area (Å²) >= 11 is 0. The molecule has 2 atom stereocenters. The Morgan fingerprint density at radius 2 is 2.27 bits per heavy atom. The first kappa shape index (κ1) is 10.1. The Balaban J connectivity index is 0.000001000. The second-order valence-electron chi connectivity index (χ2n) is 2.24. The minimum absolute atomic E-state index is 0. The van der Waals surface area contributed by atoms with E-state index < -0.39 is 6.10 Å². The normalized spacial score (nSPS) is 15.2. The van der Waals surface area contributed by atoms with Gasteiger partial charge in [-0.2, -0.15) is 0 Å². The predicted molar refractivity (Wildman–Crippen MR) is 40.7 cm³/mol. The van der Waals surface area contributed by atoms with Crippen LogP contribution in [0.3, 0.4) is 0 Å². The first-order valence-corrected chi connectivity index (χ1v) is 3.13. The third-order valence-electron chi connectivity index (χ3n) is 1.36. The maximum Gasteiger partial charge on any atom is 0.108 e. The van der Waals surface area contributed by atoms with Gasteiger partial charge in [-0.1, -0.05) is 0 Å². The summed E-state index contributed by atoms with van der Waals surface area (Å²) in [7, 11) is 0. The maximum absolute atomic E-state index is 9.02. The van der Waals surface area contributed by atoms with Crippen LogP contribution in [0.4, 0.5) is 0 Å². The van der Waals surface area contributed by atoms with E-state index in [2.05, 4.69) is 4.98 Å². The van der Waals surface area contributed by atoms with Crippen LogP contribution in [-0.4, -0.2) is 26.2 Å². The zero-order valence-corrected chi connectivity index (χ0v) is 6.31. The monoisotopic (exact) mass is 159 g/mol. The number of hydrogen-bond donors (Lipinski definition) is 2. The molecule has 0 aromatic carbocycles. The van der Waals surface area contributed by atoms with Gasteiger partial charge in [0.15, 0.2) is 0 Å². The van der Waals surface area contributed by atoms with Crippen LogP contribution in [0.2, 0.25) is 0 Å². The fraction of sp³-hybridized carbons (Fsp3) is 0.500. The zero-order valence-electron chi connectivity index (χ0n) is 6.31. The van der Waals surface area contributed by atoms with Crippen LogP contribution in [0.15, 0.2) is 18.7 Å².